The Hall–Kier alpha value is -1.04. The Morgan fingerprint density at radius 1 is 1.15 bits per heavy atom. The van der Waals surface area contributed by atoms with Crippen molar-refractivity contribution in [3.05, 3.63) is 40.5 Å². The molecule has 0 bridgehead atoms. The molecule has 0 saturated carbocycles. The topological polar surface area (TPSA) is 0 Å². The molecule has 0 aliphatic carbocycles. The number of aryl methyl sites for hydroxylation is 2. The van der Waals surface area contributed by atoms with Crippen LogP contribution in [0.15, 0.2) is 18.2 Å². The van der Waals surface area contributed by atoms with Crippen LogP contribution in [0.1, 0.15) is 36.1 Å². The molecule has 13 heavy (non-hydrogen) atoms. The maximum Gasteiger partial charge on any atom is -0.0196 e. The second kappa shape index (κ2) is 3.78. The van der Waals surface area contributed by atoms with E-state index >= 15 is 0 Å². The highest BCUT2D eigenvalue weighted by Gasteiger charge is 2.03. The molecule has 1 rings (SSSR count). The van der Waals surface area contributed by atoms with Crippen molar-refractivity contribution in [2.45, 2.75) is 34.6 Å². The molecule has 0 heteroatoms. The summed E-state index contributed by atoms with van der Waals surface area (Å²) in [6.45, 7) is 10.8. The molecular weight excluding hydrogens is 156 g/mol. The van der Waals surface area contributed by atoms with Crippen LogP contribution in [0.2, 0.25) is 0 Å². The van der Waals surface area contributed by atoms with Crippen LogP contribution in [0.25, 0.3) is 5.57 Å². The lowest BCUT2D eigenvalue weighted by atomic mass is 9.95. The van der Waals surface area contributed by atoms with Crippen LogP contribution in [0.3, 0.4) is 0 Å². The van der Waals surface area contributed by atoms with Gasteiger partial charge in [0, 0.05) is 0 Å². The van der Waals surface area contributed by atoms with Gasteiger partial charge in [0.2, 0.25) is 0 Å². The van der Waals surface area contributed by atoms with Gasteiger partial charge in [0.1, 0.15) is 0 Å². The third-order valence-electron chi connectivity index (χ3n) is 2.67. The van der Waals surface area contributed by atoms with Crippen molar-refractivity contribution >= 4 is 5.57 Å². The highest BCUT2D eigenvalue weighted by atomic mass is 14.1. The number of rotatable bonds is 1. The van der Waals surface area contributed by atoms with E-state index in [1.165, 1.54) is 27.8 Å². The molecule has 0 nitrogen and oxygen atoms in total. The van der Waals surface area contributed by atoms with Gasteiger partial charge in [0.05, 0.1) is 0 Å². The summed E-state index contributed by atoms with van der Waals surface area (Å²) in [5.41, 5.74) is 6.89. The second-order valence-corrected chi connectivity index (χ2v) is 3.73. The third-order valence-corrected chi connectivity index (χ3v) is 2.67. The van der Waals surface area contributed by atoms with Crippen molar-refractivity contribution in [2.75, 3.05) is 0 Å². The summed E-state index contributed by atoms with van der Waals surface area (Å²) >= 11 is 0. The zero-order valence-electron chi connectivity index (χ0n) is 9.23. The highest BCUT2D eigenvalue weighted by Crippen LogP contribution is 2.22. The number of hydrogen-bond acceptors (Lipinski definition) is 0. The molecule has 0 radical (unpaired) electrons. The van der Waals surface area contributed by atoms with Gasteiger partial charge in [-0.3, -0.25) is 0 Å². The van der Waals surface area contributed by atoms with E-state index in [1.54, 1.807) is 0 Å². The minimum Gasteiger partial charge on any atom is -0.0841 e. The molecule has 0 N–H and O–H groups in total. The van der Waals surface area contributed by atoms with E-state index in [1.807, 2.05) is 0 Å². The van der Waals surface area contributed by atoms with Crippen molar-refractivity contribution in [2.24, 2.45) is 0 Å². The van der Waals surface area contributed by atoms with E-state index < -0.39 is 0 Å². The Labute approximate surface area is 81.3 Å². The first-order valence-electron chi connectivity index (χ1n) is 4.77. The number of allylic oxidation sites excluding steroid dienone is 2. The highest BCUT2D eigenvalue weighted by molar-refractivity contribution is 5.67. The molecule has 0 fully saturated rings. The number of benzene rings is 1. The molecule has 1 aromatic carbocycles. The average molecular weight is 174 g/mol. The average Bonchev–Trinajstić information content (AvgIpc) is 2.10. The van der Waals surface area contributed by atoms with Gasteiger partial charge < -0.3 is 0 Å². The smallest absolute Gasteiger partial charge is 0.0196 e. The lowest BCUT2D eigenvalue weighted by molar-refractivity contribution is 1.27. The fourth-order valence-electron chi connectivity index (χ4n) is 1.60. The molecule has 0 atom stereocenters. The molecule has 0 spiro atoms. The first-order valence-corrected chi connectivity index (χ1v) is 4.77. The minimum atomic E-state index is 1.35. The van der Waals surface area contributed by atoms with Crippen LogP contribution < -0.4 is 0 Å². The number of hydrogen-bond donors (Lipinski definition) is 0. The van der Waals surface area contributed by atoms with Crippen molar-refractivity contribution < 1.29 is 0 Å². The van der Waals surface area contributed by atoms with Crippen molar-refractivity contribution in [3.8, 4) is 0 Å². The van der Waals surface area contributed by atoms with E-state index in [4.69, 9.17) is 0 Å². The van der Waals surface area contributed by atoms with Gasteiger partial charge in [-0.15, -0.1) is 0 Å². The van der Waals surface area contributed by atoms with Gasteiger partial charge in [-0.2, -0.15) is 0 Å². The molecule has 0 heterocycles. The third kappa shape index (κ3) is 2.00. The normalized spacial score (nSPS) is 11.9. The van der Waals surface area contributed by atoms with Gasteiger partial charge >= 0.3 is 0 Å². The SMILES string of the molecule is CC=C(C)c1cc(C)cc(C)c1C. The fraction of sp³-hybridized carbons (Fsp3) is 0.385. The van der Waals surface area contributed by atoms with E-state index in [9.17, 15) is 0 Å². The first kappa shape index (κ1) is 10.0. The lowest BCUT2D eigenvalue weighted by Gasteiger charge is -2.10. The monoisotopic (exact) mass is 174 g/mol. The second-order valence-electron chi connectivity index (χ2n) is 3.73. The standard InChI is InChI=1S/C13H18/c1-6-10(3)13-8-9(2)7-11(4)12(13)5/h6-8H,1-5H3. The van der Waals surface area contributed by atoms with E-state index in [-0.39, 0.29) is 0 Å². The minimum absolute atomic E-state index is 1.35. The van der Waals surface area contributed by atoms with Gasteiger partial charge in [-0.1, -0.05) is 23.8 Å². The van der Waals surface area contributed by atoms with Crippen molar-refractivity contribution in [1.29, 1.82) is 0 Å². The molecule has 0 saturated heterocycles. The van der Waals surface area contributed by atoms with Crippen LogP contribution in [0, 0.1) is 20.8 Å². The zero-order chi connectivity index (χ0) is 10.0. The summed E-state index contributed by atoms with van der Waals surface area (Å²) in [5.74, 6) is 0. The summed E-state index contributed by atoms with van der Waals surface area (Å²) in [6, 6.07) is 4.50. The molecular formula is C13H18. The van der Waals surface area contributed by atoms with Gasteiger partial charge in [-0.05, 0) is 56.9 Å². The Balaban J connectivity index is 3.37. The van der Waals surface area contributed by atoms with Crippen LogP contribution >= 0.6 is 0 Å². The quantitative estimate of drug-likeness (QED) is 0.603. The summed E-state index contributed by atoms with van der Waals surface area (Å²) in [5, 5.41) is 0. The van der Waals surface area contributed by atoms with Gasteiger partial charge in [0.25, 0.3) is 0 Å². The summed E-state index contributed by atoms with van der Waals surface area (Å²) in [6.07, 6.45) is 2.17. The van der Waals surface area contributed by atoms with Crippen molar-refractivity contribution in [1.82, 2.24) is 0 Å². The summed E-state index contributed by atoms with van der Waals surface area (Å²) in [4.78, 5) is 0. The predicted octanol–water partition coefficient (Wildman–Crippen LogP) is 4.04. The molecule has 0 amide bonds. The van der Waals surface area contributed by atoms with Crippen molar-refractivity contribution in [3.63, 3.8) is 0 Å². The lowest BCUT2D eigenvalue weighted by Crippen LogP contribution is -1.91. The summed E-state index contributed by atoms with van der Waals surface area (Å²) in [7, 11) is 0. The Morgan fingerprint density at radius 3 is 2.31 bits per heavy atom. The van der Waals surface area contributed by atoms with E-state index in [0.29, 0.717) is 0 Å². The maximum absolute atomic E-state index is 2.26. The van der Waals surface area contributed by atoms with E-state index in [2.05, 4.69) is 52.8 Å². The molecule has 0 aromatic heterocycles. The maximum atomic E-state index is 2.26. The fourth-order valence-corrected chi connectivity index (χ4v) is 1.60. The van der Waals surface area contributed by atoms with Crippen LogP contribution in [-0.2, 0) is 0 Å². The van der Waals surface area contributed by atoms with E-state index in [0.717, 1.165) is 0 Å². The summed E-state index contributed by atoms with van der Waals surface area (Å²) < 4.78 is 0. The van der Waals surface area contributed by atoms with Gasteiger partial charge in [-0.25, -0.2) is 0 Å². The van der Waals surface area contributed by atoms with Crippen LogP contribution in [0.4, 0.5) is 0 Å². The first-order chi connectivity index (χ1) is 6.06. The molecule has 70 valence electrons. The van der Waals surface area contributed by atoms with Crippen LogP contribution in [-0.4, -0.2) is 0 Å². The molecule has 0 aliphatic heterocycles. The van der Waals surface area contributed by atoms with Crippen LogP contribution in [0.5, 0.6) is 0 Å². The molecule has 0 unspecified atom stereocenters. The predicted molar refractivity (Wildman–Crippen MR) is 60.0 cm³/mol. The van der Waals surface area contributed by atoms with Gasteiger partial charge in [0.15, 0.2) is 0 Å². The Morgan fingerprint density at radius 2 is 1.77 bits per heavy atom. The molecule has 0 aliphatic rings. The Bertz CT molecular complexity index is 343. The Kier molecular flexibility index (Phi) is 2.92. The largest absolute Gasteiger partial charge is 0.0841 e. The molecule has 1 aromatic rings. The zero-order valence-corrected chi connectivity index (χ0v) is 9.23.